The Morgan fingerprint density at radius 1 is 1.39 bits per heavy atom. The summed E-state index contributed by atoms with van der Waals surface area (Å²) in [5.41, 5.74) is 6.34. The van der Waals surface area contributed by atoms with Gasteiger partial charge in [0.15, 0.2) is 17.3 Å². The lowest BCUT2D eigenvalue weighted by Crippen LogP contribution is -2.38. The largest absolute Gasteiger partial charge is 0.504 e. The van der Waals surface area contributed by atoms with Gasteiger partial charge in [-0.3, -0.25) is 0 Å². The Balaban J connectivity index is 2.53. The lowest BCUT2D eigenvalue weighted by molar-refractivity contribution is 0.283. The summed E-state index contributed by atoms with van der Waals surface area (Å²) < 4.78 is 19.0. The first-order valence-corrected chi connectivity index (χ1v) is 6.83. The molecule has 0 amide bonds. The molecule has 2 rings (SSSR count). The standard InChI is InChI=1S/C13H17BrFNO2/c1-18-12-10(15)9(14)7-8(11(12)17)13(16)5-3-2-4-6-13/h7,17H,2-6,16H2,1H3. The second-order valence-corrected chi connectivity index (χ2v) is 5.67. The van der Waals surface area contributed by atoms with Crippen molar-refractivity contribution in [1.82, 2.24) is 0 Å². The van der Waals surface area contributed by atoms with Crippen LogP contribution in [0, 0.1) is 5.82 Å². The Morgan fingerprint density at radius 2 is 2.00 bits per heavy atom. The van der Waals surface area contributed by atoms with E-state index in [2.05, 4.69) is 15.9 Å². The van der Waals surface area contributed by atoms with Crippen LogP contribution in [0.4, 0.5) is 4.39 Å². The average Bonchev–Trinajstić information content (AvgIpc) is 2.35. The highest BCUT2D eigenvalue weighted by atomic mass is 79.9. The van der Waals surface area contributed by atoms with Crippen LogP contribution in [0.15, 0.2) is 10.5 Å². The van der Waals surface area contributed by atoms with Gasteiger partial charge in [-0.2, -0.15) is 0 Å². The molecule has 0 bridgehead atoms. The van der Waals surface area contributed by atoms with E-state index in [-0.39, 0.29) is 16.0 Å². The molecule has 0 aromatic heterocycles. The zero-order valence-corrected chi connectivity index (χ0v) is 11.9. The lowest BCUT2D eigenvalue weighted by atomic mass is 9.77. The van der Waals surface area contributed by atoms with Crippen LogP contribution in [0.3, 0.4) is 0 Å². The van der Waals surface area contributed by atoms with Gasteiger partial charge in [-0.1, -0.05) is 19.3 Å². The maximum Gasteiger partial charge on any atom is 0.198 e. The summed E-state index contributed by atoms with van der Waals surface area (Å²) in [4.78, 5) is 0. The maximum atomic E-state index is 13.8. The van der Waals surface area contributed by atoms with Crippen LogP contribution in [-0.4, -0.2) is 12.2 Å². The Bertz CT molecular complexity index is 459. The van der Waals surface area contributed by atoms with E-state index in [1.807, 2.05) is 0 Å². The molecule has 0 aliphatic heterocycles. The first kappa shape index (κ1) is 13.6. The molecule has 0 spiro atoms. The molecule has 0 heterocycles. The first-order valence-electron chi connectivity index (χ1n) is 6.04. The van der Waals surface area contributed by atoms with Crippen molar-refractivity contribution in [2.75, 3.05) is 7.11 Å². The molecule has 3 N–H and O–H groups in total. The Morgan fingerprint density at radius 3 is 2.56 bits per heavy atom. The highest BCUT2D eigenvalue weighted by Crippen LogP contribution is 2.45. The zero-order valence-electron chi connectivity index (χ0n) is 10.3. The number of methoxy groups -OCH3 is 1. The van der Waals surface area contributed by atoms with Gasteiger partial charge in [0.2, 0.25) is 0 Å². The predicted molar refractivity (Wildman–Crippen MR) is 71.3 cm³/mol. The molecule has 1 fully saturated rings. The fraction of sp³-hybridized carbons (Fsp3) is 0.538. The fourth-order valence-corrected chi connectivity index (χ4v) is 3.02. The van der Waals surface area contributed by atoms with Crippen molar-refractivity contribution >= 4 is 15.9 Å². The summed E-state index contributed by atoms with van der Waals surface area (Å²) in [6.07, 6.45) is 4.78. The summed E-state index contributed by atoms with van der Waals surface area (Å²) in [6.45, 7) is 0. The van der Waals surface area contributed by atoms with Crippen molar-refractivity contribution in [2.45, 2.75) is 37.6 Å². The quantitative estimate of drug-likeness (QED) is 0.878. The summed E-state index contributed by atoms with van der Waals surface area (Å²) in [5, 5.41) is 10.1. The topological polar surface area (TPSA) is 55.5 Å². The van der Waals surface area contributed by atoms with Gasteiger partial charge >= 0.3 is 0 Å². The van der Waals surface area contributed by atoms with Crippen LogP contribution in [0.25, 0.3) is 0 Å². The molecule has 100 valence electrons. The molecule has 1 aliphatic rings. The Kier molecular flexibility index (Phi) is 3.82. The SMILES string of the molecule is COc1c(O)c(C2(N)CCCCC2)cc(Br)c1F. The maximum absolute atomic E-state index is 13.8. The molecule has 18 heavy (non-hydrogen) atoms. The van der Waals surface area contributed by atoms with Crippen LogP contribution in [-0.2, 0) is 5.54 Å². The Hall–Kier alpha value is -0.810. The number of phenolic OH excluding ortho intramolecular Hbond substituents is 1. The zero-order chi connectivity index (χ0) is 13.3. The van der Waals surface area contributed by atoms with Gasteiger partial charge in [0.25, 0.3) is 0 Å². The second kappa shape index (κ2) is 5.05. The highest BCUT2D eigenvalue weighted by Gasteiger charge is 2.34. The van der Waals surface area contributed by atoms with E-state index >= 15 is 0 Å². The van der Waals surface area contributed by atoms with E-state index in [0.29, 0.717) is 5.56 Å². The molecule has 0 unspecified atom stereocenters. The average molecular weight is 318 g/mol. The van der Waals surface area contributed by atoms with Crippen LogP contribution >= 0.6 is 15.9 Å². The number of phenols is 1. The Labute approximate surface area is 114 Å². The van der Waals surface area contributed by atoms with E-state index in [4.69, 9.17) is 10.5 Å². The first-order chi connectivity index (χ1) is 8.49. The molecule has 0 saturated heterocycles. The van der Waals surface area contributed by atoms with E-state index < -0.39 is 11.4 Å². The normalized spacial score (nSPS) is 18.7. The van der Waals surface area contributed by atoms with Gasteiger partial charge < -0.3 is 15.6 Å². The third-order valence-electron chi connectivity index (χ3n) is 3.64. The predicted octanol–water partition coefficient (Wildman–Crippen LogP) is 3.42. The molecule has 1 aliphatic carbocycles. The lowest BCUT2D eigenvalue weighted by Gasteiger charge is -2.34. The van der Waals surface area contributed by atoms with Gasteiger partial charge in [0, 0.05) is 11.1 Å². The second-order valence-electron chi connectivity index (χ2n) is 4.82. The molecule has 1 saturated carbocycles. The minimum absolute atomic E-state index is 0.144. The van der Waals surface area contributed by atoms with Gasteiger partial charge in [-0.25, -0.2) is 4.39 Å². The minimum Gasteiger partial charge on any atom is -0.504 e. The molecule has 0 atom stereocenters. The molecule has 1 aromatic rings. The summed E-state index contributed by atoms with van der Waals surface area (Å²) in [6, 6.07) is 1.57. The highest BCUT2D eigenvalue weighted by molar-refractivity contribution is 9.10. The third-order valence-corrected chi connectivity index (χ3v) is 4.21. The number of benzene rings is 1. The number of halogens is 2. The van der Waals surface area contributed by atoms with E-state index in [9.17, 15) is 9.50 Å². The van der Waals surface area contributed by atoms with Crippen LogP contribution < -0.4 is 10.5 Å². The van der Waals surface area contributed by atoms with Crippen LogP contribution in [0.1, 0.15) is 37.7 Å². The van der Waals surface area contributed by atoms with Crippen LogP contribution in [0.2, 0.25) is 0 Å². The van der Waals surface area contributed by atoms with Crippen LogP contribution in [0.5, 0.6) is 11.5 Å². The molecule has 1 aromatic carbocycles. The third kappa shape index (κ3) is 2.21. The van der Waals surface area contributed by atoms with Crippen molar-refractivity contribution < 1.29 is 14.2 Å². The number of hydrogen-bond acceptors (Lipinski definition) is 3. The number of nitrogens with two attached hydrogens (primary N) is 1. The van der Waals surface area contributed by atoms with Crippen molar-refractivity contribution in [3.63, 3.8) is 0 Å². The smallest absolute Gasteiger partial charge is 0.198 e. The summed E-state index contributed by atoms with van der Waals surface area (Å²) in [7, 11) is 1.33. The van der Waals surface area contributed by atoms with Gasteiger partial charge in [-0.15, -0.1) is 0 Å². The number of ether oxygens (including phenoxy) is 1. The fourth-order valence-electron chi connectivity index (χ4n) is 2.61. The molecule has 5 heteroatoms. The van der Waals surface area contributed by atoms with Crippen molar-refractivity contribution in [3.8, 4) is 11.5 Å². The molecular weight excluding hydrogens is 301 g/mol. The molecule has 0 radical (unpaired) electrons. The minimum atomic E-state index is -0.599. The summed E-state index contributed by atoms with van der Waals surface area (Å²) >= 11 is 3.14. The van der Waals surface area contributed by atoms with Gasteiger partial charge in [0.05, 0.1) is 11.6 Å². The number of aromatic hydroxyl groups is 1. The number of hydrogen-bond donors (Lipinski definition) is 2. The number of rotatable bonds is 2. The van der Waals surface area contributed by atoms with E-state index in [1.165, 1.54) is 7.11 Å². The van der Waals surface area contributed by atoms with Crippen molar-refractivity contribution in [3.05, 3.63) is 21.9 Å². The van der Waals surface area contributed by atoms with E-state index in [0.717, 1.165) is 32.1 Å². The van der Waals surface area contributed by atoms with E-state index in [1.54, 1.807) is 6.07 Å². The monoisotopic (exact) mass is 317 g/mol. The van der Waals surface area contributed by atoms with Gasteiger partial charge in [0.1, 0.15) is 0 Å². The summed E-state index contributed by atoms with van der Waals surface area (Å²) in [5.74, 6) is -0.921. The van der Waals surface area contributed by atoms with Gasteiger partial charge in [-0.05, 0) is 34.8 Å². The molecule has 3 nitrogen and oxygen atoms in total. The van der Waals surface area contributed by atoms with Crippen molar-refractivity contribution in [1.29, 1.82) is 0 Å². The molecular formula is C13H17BrFNO2. The van der Waals surface area contributed by atoms with Crippen molar-refractivity contribution in [2.24, 2.45) is 5.73 Å².